The van der Waals surface area contributed by atoms with E-state index in [-0.39, 0.29) is 0 Å². The minimum atomic E-state index is 0.825. The van der Waals surface area contributed by atoms with Gasteiger partial charge in [-0.1, -0.05) is 25.1 Å². The Morgan fingerprint density at radius 3 is 2.50 bits per heavy atom. The van der Waals surface area contributed by atoms with Crippen LogP contribution in [-0.2, 0) is 6.42 Å². The van der Waals surface area contributed by atoms with Gasteiger partial charge in [-0.2, -0.15) is 0 Å². The van der Waals surface area contributed by atoms with Gasteiger partial charge < -0.3 is 10.2 Å². The molecule has 4 heteroatoms. The highest BCUT2D eigenvalue weighted by molar-refractivity contribution is 5.61. The lowest BCUT2D eigenvalue weighted by atomic mass is 10.3. The lowest BCUT2D eigenvalue weighted by Crippen LogP contribution is -2.13. The van der Waals surface area contributed by atoms with Crippen LogP contribution in [0.1, 0.15) is 12.7 Å². The average Bonchev–Trinajstić information content (AvgIpc) is 2.46. The van der Waals surface area contributed by atoms with Gasteiger partial charge in [0.1, 0.15) is 17.5 Å². The number of nitrogens with zero attached hydrogens (tertiary/aromatic N) is 3. The van der Waals surface area contributed by atoms with Crippen LogP contribution in [0.25, 0.3) is 0 Å². The maximum Gasteiger partial charge on any atom is 0.138 e. The van der Waals surface area contributed by atoms with Crippen LogP contribution >= 0.6 is 0 Å². The molecule has 1 aromatic carbocycles. The maximum atomic E-state index is 4.55. The Bertz CT molecular complexity index is 488. The first-order valence-corrected chi connectivity index (χ1v) is 6.09. The molecular formula is C14H18N4. The van der Waals surface area contributed by atoms with Crippen LogP contribution in [-0.4, -0.2) is 24.1 Å². The van der Waals surface area contributed by atoms with E-state index in [0.29, 0.717) is 0 Å². The number of para-hydroxylation sites is 1. The third-order valence-corrected chi connectivity index (χ3v) is 2.82. The van der Waals surface area contributed by atoms with E-state index >= 15 is 0 Å². The minimum absolute atomic E-state index is 0.825. The van der Waals surface area contributed by atoms with Crippen molar-refractivity contribution in [1.29, 1.82) is 0 Å². The molecule has 18 heavy (non-hydrogen) atoms. The number of rotatable bonds is 4. The molecule has 1 heterocycles. The molecule has 0 aliphatic heterocycles. The van der Waals surface area contributed by atoms with Crippen LogP contribution in [0.3, 0.4) is 0 Å². The van der Waals surface area contributed by atoms with Crippen LogP contribution in [0, 0.1) is 0 Å². The maximum absolute atomic E-state index is 4.55. The zero-order chi connectivity index (χ0) is 13.0. The summed E-state index contributed by atoms with van der Waals surface area (Å²) in [5.41, 5.74) is 1.11. The van der Waals surface area contributed by atoms with E-state index in [1.807, 2.05) is 38.4 Å². The smallest absolute Gasteiger partial charge is 0.138 e. The van der Waals surface area contributed by atoms with E-state index in [2.05, 4.69) is 39.2 Å². The molecule has 0 bridgehead atoms. The van der Waals surface area contributed by atoms with Crippen LogP contribution in [0.2, 0.25) is 0 Å². The molecule has 0 fully saturated rings. The number of aryl methyl sites for hydroxylation is 1. The molecule has 0 aliphatic rings. The zero-order valence-electron chi connectivity index (χ0n) is 11.0. The highest BCUT2D eigenvalue weighted by Crippen LogP contribution is 2.23. The van der Waals surface area contributed by atoms with Crippen molar-refractivity contribution < 1.29 is 0 Å². The number of anilines is 3. The van der Waals surface area contributed by atoms with Crippen molar-refractivity contribution in [1.82, 2.24) is 9.97 Å². The monoisotopic (exact) mass is 242 g/mol. The van der Waals surface area contributed by atoms with Crippen LogP contribution in [0.4, 0.5) is 17.3 Å². The molecule has 0 aliphatic carbocycles. The topological polar surface area (TPSA) is 41.1 Å². The van der Waals surface area contributed by atoms with Gasteiger partial charge in [0.25, 0.3) is 0 Å². The molecule has 2 aromatic rings. The average molecular weight is 242 g/mol. The van der Waals surface area contributed by atoms with Gasteiger partial charge in [-0.25, -0.2) is 9.97 Å². The largest absolute Gasteiger partial charge is 0.373 e. The van der Waals surface area contributed by atoms with E-state index in [9.17, 15) is 0 Å². The summed E-state index contributed by atoms with van der Waals surface area (Å²) < 4.78 is 0. The summed E-state index contributed by atoms with van der Waals surface area (Å²) in [5.74, 6) is 2.59. The summed E-state index contributed by atoms with van der Waals surface area (Å²) in [7, 11) is 3.88. The van der Waals surface area contributed by atoms with Gasteiger partial charge in [0.15, 0.2) is 0 Å². The van der Waals surface area contributed by atoms with Gasteiger partial charge in [-0.05, 0) is 12.1 Å². The minimum Gasteiger partial charge on any atom is -0.373 e. The van der Waals surface area contributed by atoms with E-state index in [4.69, 9.17) is 0 Å². The Labute approximate surface area is 108 Å². The third-order valence-electron chi connectivity index (χ3n) is 2.82. The third kappa shape index (κ3) is 2.59. The lowest BCUT2D eigenvalue weighted by Gasteiger charge is -2.19. The number of hydrogen-bond donors (Lipinski definition) is 1. The predicted molar refractivity (Wildman–Crippen MR) is 75.5 cm³/mol. The van der Waals surface area contributed by atoms with E-state index < -0.39 is 0 Å². The van der Waals surface area contributed by atoms with Crippen molar-refractivity contribution in [2.24, 2.45) is 0 Å². The predicted octanol–water partition coefficient (Wildman–Crippen LogP) is 2.85. The normalized spacial score (nSPS) is 10.2. The number of aromatic nitrogens is 2. The number of nitrogens with one attached hydrogen (secondary N) is 1. The summed E-state index contributed by atoms with van der Waals surface area (Å²) in [6.07, 6.45) is 0.825. The quantitative estimate of drug-likeness (QED) is 0.895. The SMILES string of the molecule is CCc1nc(NC)cc(N(C)c2ccccc2)n1. The van der Waals surface area contributed by atoms with Crippen molar-refractivity contribution in [2.75, 3.05) is 24.3 Å². The van der Waals surface area contributed by atoms with Gasteiger partial charge in [-0.15, -0.1) is 0 Å². The van der Waals surface area contributed by atoms with Gasteiger partial charge in [0.2, 0.25) is 0 Å². The first-order valence-electron chi connectivity index (χ1n) is 6.09. The van der Waals surface area contributed by atoms with Crippen molar-refractivity contribution in [3.8, 4) is 0 Å². The Morgan fingerprint density at radius 2 is 1.89 bits per heavy atom. The fourth-order valence-electron chi connectivity index (χ4n) is 1.72. The lowest BCUT2D eigenvalue weighted by molar-refractivity contribution is 0.927. The van der Waals surface area contributed by atoms with Crippen molar-refractivity contribution >= 4 is 17.3 Å². The van der Waals surface area contributed by atoms with Crippen molar-refractivity contribution in [2.45, 2.75) is 13.3 Å². The van der Waals surface area contributed by atoms with Crippen LogP contribution in [0.15, 0.2) is 36.4 Å². The van der Waals surface area contributed by atoms with E-state index in [1.165, 1.54) is 0 Å². The second-order valence-electron chi connectivity index (χ2n) is 4.03. The molecule has 1 aromatic heterocycles. The number of benzene rings is 1. The Balaban J connectivity index is 2.38. The molecule has 0 saturated heterocycles. The molecule has 94 valence electrons. The Kier molecular flexibility index (Phi) is 3.77. The highest BCUT2D eigenvalue weighted by Gasteiger charge is 2.08. The van der Waals surface area contributed by atoms with Crippen LogP contribution in [0.5, 0.6) is 0 Å². The molecule has 0 spiro atoms. The molecule has 0 saturated carbocycles. The van der Waals surface area contributed by atoms with Gasteiger partial charge in [-0.3, -0.25) is 0 Å². The second-order valence-corrected chi connectivity index (χ2v) is 4.03. The van der Waals surface area contributed by atoms with Gasteiger partial charge >= 0.3 is 0 Å². The zero-order valence-corrected chi connectivity index (χ0v) is 11.0. The first kappa shape index (κ1) is 12.4. The fourth-order valence-corrected chi connectivity index (χ4v) is 1.72. The molecule has 0 unspecified atom stereocenters. The molecule has 0 amide bonds. The van der Waals surface area contributed by atoms with E-state index in [0.717, 1.165) is 29.6 Å². The second kappa shape index (κ2) is 5.49. The van der Waals surface area contributed by atoms with Crippen molar-refractivity contribution in [3.05, 3.63) is 42.2 Å². The Hall–Kier alpha value is -2.10. The first-order chi connectivity index (χ1) is 8.74. The summed E-state index contributed by atoms with van der Waals surface area (Å²) >= 11 is 0. The molecular weight excluding hydrogens is 224 g/mol. The van der Waals surface area contributed by atoms with Crippen LogP contribution < -0.4 is 10.2 Å². The molecule has 0 atom stereocenters. The summed E-state index contributed by atoms with van der Waals surface area (Å²) in [6.45, 7) is 2.06. The van der Waals surface area contributed by atoms with Crippen molar-refractivity contribution in [3.63, 3.8) is 0 Å². The standard InChI is InChI=1S/C14H18N4/c1-4-12-16-13(15-2)10-14(17-12)18(3)11-8-6-5-7-9-11/h5-10H,4H2,1-3H3,(H,15,16,17). The molecule has 0 radical (unpaired) electrons. The highest BCUT2D eigenvalue weighted by atomic mass is 15.2. The molecule has 2 rings (SSSR count). The molecule has 4 nitrogen and oxygen atoms in total. The summed E-state index contributed by atoms with van der Waals surface area (Å²) in [4.78, 5) is 11.0. The summed E-state index contributed by atoms with van der Waals surface area (Å²) in [5, 5.41) is 3.07. The van der Waals surface area contributed by atoms with Gasteiger partial charge in [0.05, 0.1) is 0 Å². The Morgan fingerprint density at radius 1 is 1.17 bits per heavy atom. The fraction of sp³-hybridized carbons (Fsp3) is 0.286. The van der Waals surface area contributed by atoms with E-state index in [1.54, 1.807) is 0 Å². The summed E-state index contributed by atoms with van der Waals surface area (Å²) in [6, 6.07) is 12.1. The molecule has 1 N–H and O–H groups in total. The number of hydrogen-bond acceptors (Lipinski definition) is 4. The van der Waals surface area contributed by atoms with Gasteiger partial charge in [0, 0.05) is 32.3 Å².